The Hall–Kier alpha value is -2.96. The molecule has 5 rings (SSSR count). The zero-order chi connectivity index (χ0) is 17.3. The average molecular weight is 374 g/mol. The Kier molecular flexibility index (Phi) is 3.77. The number of para-hydroxylation sites is 3. The zero-order valence-corrected chi connectivity index (χ0v) is 15.3. The van der Waals surface area contributed by atoms with Crippen molar-refractivity contribution in [2.75, 3.05) is 10.4 Å². The summed E-state index contributed by atoms with van der Waals surface area (Å²) in [5.41, 5.74) is 6.44. The third-order valence-electron chi connectivity index (χ3n) is 3.96. The van der Waals surface area contributed by atoms with Crippen molar-refractivity contribution >= 4 is 59.1 Å². The zero-order valence-electron chi connectivity index (χ0n) is 13.7. The van der Waals surface area contributed by atoms with E-state index in [1.807, 2.05) is 71.7 Å². The third kappa shape index (κ3) is 2.79. The topological polar surface area (TPSA) is 41.0 Å². The molecular formula is C20H14N4S2. The molecule has 2 heterocycles. The highest BCUT2D eigenvalue weighted by Crippen LogP contribution is 2.37. The maximum absolute atomic E-state index is 4.80. The number of anilines is 3. The van der Waals surface area contributed by atoms with Crippen molar-refractivity contribution in [2.45, 2.75) is 0 Å². The van der Waals surface area contributed by atoms with Gasteiger partial charge in [0, 0.05) is 0 Å². The highest BCUT2D eigenvalue weighted by Gasteiger charge is 2.18. The second kappa shape index (κ2) is 6.40. The van der Waals surface area contributed by atoms with Gasteiger partial charge in [0.25, 0.3) is 0 Å². The largest absolute Gasteiger partial charge is 0.290 e. The Morgan fingerprint density at radius 1 is 0.615 bits per heavy atom. The molecule has 0 aliphatic heterocycles. The van der Waals surface area contributed by atoms with E-state index in [-0.39, 0.29) is 0 Å². The minimum absolute atomic E-state index is 0.870. The van der Waals surface area contributed by atoms with Crippen LogP contribution < -0.4 is 10.4 Å². The van der Waals surface area contributed by atoms with Crippen LogP contribution in [-0.4, -0.2) is 9.97 Å². The van der Waals surface area contributed by atoms with Crippen LogP contribution >= 0.6 is 22.7 Å². The van der Waals surface area contributed by atoms with E-state index >= 15 is 0 Å². The van der Waals surface area contributed by atoms with Crippen molar-refractivity contribution in [1.29, 1.82) is 0 Å². The summed E-state index contributed by atoms with van der Waals surface area (Å²) in [7, 11) is 0. The molecule has 0 atom stereocenters. The highest BCUT2D eigenvalue weighted by molar-refractivity contribution is 7.24. The van der Waals surface area contributed by atoms with Crippen LogP contribution in [0.1, 0.15) is 0 Å². The fourth-order valence-corrected chi connectivity index (χ4v) is 4.65. The first-order chi connectivity index (χ1) is 12.9. The number of aromatic nitrogens is 2. The summed E-state index contributed by atoms with van der Waals surface area (Å²) in [6, 6.07) is 26.5. The normalized spacial score (nSPS) is 11.1. The molecule has 5 aromatic rings. The molecule has 6 heteroatoms. The van der Waals surface area contributed by atoms with Crippen molar-refractivity contribution in [1.82, 2.24) is 9.97 Å². The number of hydrogen-bond acceptors (Lipinski definition) is 6. The van der Waals surface area contributed by atoms with E-state index in [4.69, 9.17) is 9.97 Å². The fraction of sp³-hybridized carbons (Fsp3) is 0. The van der Waals surface area contributed by atoms with Gasteiger partial charge in [0.2, 0.25) is 10.3 Å². The number of hydrazine groups is 1. The number of thiazole rings is 2. The molecule has 0 saturated carbocycles. The van der Waals surface area contributed by atoms with Gasteiger partial charge in [-0.15, -0.1) is 0 Å². The van der Waals surface area contributed by atoms with Crippen LogP contribution in [0.25, 0.3) is 20.4 Å². The van der Waals surface area contributed by atoms with Crippen LogP contribution in [-0.2, 0) is 0 Å². The second-order valence-electron chi connectivity index (χ2n) is 5.74. The predicted octanol–water partition coefficient (Wildman–Crippen LogP) is 6.07. The molecule has 0 fully saturated rings. The van der Waals surface area contributed by atoms with Crippen molar-refractivity contribution in [3.05, 3.63) is 78.9 Å². The van der Waals surface area contributed by atoms with E-state index in [0.29, 0.717) is 0 Å². The summed E-state index contributed by atoms with van der Waals surface area (Å²) < 4.78 is 2.31. The molecule has 2 aromatic heterocycles. The van der Waals surface area contributed by atoms with E-state index in [1.54, 1.807) is 22.7 Å². The summed E-state index contributed by atoms with van der Waals surface area (Å²) in [6.45, 7) is 0. The van der Waals surface area contributed by atoms with Crippen LogP contribution in [0.15, 0.2) is 78.9 Å². The molecular weight excluding hydrogens is 360 g/mol. The fourth-order valence-electron chi connectivity index (χ4n) is 2.73. The number of nitrogens with one attached hydrogen (secondary N) is 1. The highest BCUT2D eigenvalue weighted by atomic mass is 32.1. The third-order valence-corrected chi connectivity index (χ3v) is 6.01. The SMILES string of the molecule is c1ccc(NN(c2nc3ccccc3s2)c2nc3ccccc3s2)cc1. The van der Waals surface area contributed by atoms with Gasteiger partial charge in [0.15, 0.2) is 0 Å². The number of fused-ring (bicyclic) bond motifs is 2. The lowest BCUT2D eigenvalue weighted by Crippen LogP contribution is -2.24. The molecule has 0 bridgehead atoms. The van der Waals surface area contributed by atoms with Crippen molar-refractivity contribution < 1.29 is 0 Å². The summed E-state index contributed by atoms with van der Waals surface area (Å²) in [5, 5.41) is 3.72. The summed E-state index contributed by atoms with van der Waals surface area (Å²) >= 11 is 3.30. The molecule has 0 amide bonds. The van der Waals surface area contributed by atoms with E-state index in [0.717, 1.165) is 36.4 Å². The molecule has 0 aliphatic rings. The van der Waals surface area contributed by atoms with Gasteiger partial charge in [-0.1, -0.05) is 65.1 Å². The van der Waals surface area contributed by atoms with Gasteiger partial charge < -0.3 is 0 Å². The molecule has 4 nitrogen and oxygen atoms in total. The molecule has 26 heavy (non-hydrogen) atoms. The van der Waals surface area contributed by atoms with Gasteiger partial charge in [-0.3, -0.25) is 5.43 Å². The van der Waals surface area contributed by atoms with Gasteiger partial charge in [0.1, 0.15) is 0 Å². The van der Waals surface area contributed by atoms with Crippen molar-refractivity contribution in [3.8, 4) is 0 Å². The Labute approximate surface area is 158 Å². The minimum atomic E-state index is 0.870. The van der Waals surface area contributed by atoms with Gasteiger partial charge in [-0.2, -0.15) is 0 Å². The number of rotatable bonds is 4. The molecule has 0 unspecified atom stereocenters. The van der Waals surface area contributed by atoms with E-state index in [1.165, 1.54) is 0 Å². The standard InChI is InChI=1S/C20H14N4S2/c1-2-8-14(9-3-1)23-24(19-21-15-10-4-6-12-17(15)25-19)20-22-16-11-5-7-13-18(16)26-20/h1-13,23H. The number of hydrogen-bond donors (Lipinski definition) is 1. The average Bonchev–Trinajstić information content (AvgIpc) is 3.30. The van der Waals surface area contributed by atoms with Crippen LogP contribution in [0.4, 0.5) is 16.0 Å². The lowest BCUT2D eigenvalue weighted by Gasteiger charge is -2.20. The molecule has 126 valence electrons. The Morgan fingerprint density at radius 2 is 1.12 bits per heavy atom. The minimum Gasteiger partial charge on any atom is -0.290 e. The second-order valence-corrected chi connectivity index (χ2v) is 7.76. The molecule has 0 aliphatic carbocycles. The molecule has 0 saturated heterocycles. The maximum atomic E-state index is 4.80. The molecule has 1 N–H and O–H groups in total. The smallest absolute Gasteiger partial charge is 0.212 e. The number of nitrogens with zero attached hydrogens (tertiary/aromatic N) is 3. The monoisotopic (exact) mass is 374 g/mol. The first-order valence-electron chi connectivity index (χ1n) is 8.20. The van der Waals surface area contributed by atoms with Gasteiger partial charge in [0.05, 0.1) is 26.1 Å². The lowest BCUT2D eigenvalue weighted by atomic mass is 10.3. The summed E-state index contributed by atoms with van der Waals surface area (Å²) in [6.07, 6.45) is 0. The van der Waals surface area contributed by atoms with Crippen LogP contribution in [0.3, 0.4) is 0 Å². The summed E-state index contributed by atoms with van der Waals surface area (Å²) in [4.78, 5) is 9.61. The van der Waals surface area contributed by atoms with Crippen LogP contribution in [0, 0.1) is 0 Å². The quantitative estimate of drug-likeness (QED) is 0.388. The van der Waals surface area contributed by atoms with Gasteiger partial charge >= 0.3 is 0 Å². The first kappa shape index (κ1) is 15.3. The van der Waals surface area contributed by atoms with Crippen molar-refractivity contribution in [2.24, 2.45) is 0 Å². The van der Waals surface area contributed by atoms with E-state index in [9.17, 15) is 0 Å². The maximum Gasteiger partial charge on any atom is 0.212 e. The van der Waals surface area contributed by atoms with E-state index < -0.39 is 0 Å². The Bertz CT molecular complexity index is 1040. The Balaban J connectivity index is 1.64. The Morgan fingerprint density at radius 3 is 1.65 bits per heavy atom. The molecule has 3 aromatic carbocycles. The van der Waals surface area contributed by atoms with Gasteiger partial charge in [-0.25, -0.2) is 15.0 Å². The first-order valence-corrected chi connectivity index (χ1v) is 9.83. The van der Waals surface area contributed by atoms with Crippen LogP contribution in [0.2, 0.25) is 0 Å². The van der Waals surface area contributed by atoms with Gasteiger partial charge in [-0.05, 0) is 36.4 Å². The lowest BCUT2D eigenvalue weighted by molar-refractivity contribution is 1.13. The van der Waals surface area contributed by atoms with Crippen molar-refractivity contribution in [3.63, 3.8) is 0 Å². The predicted molar refractivity (Wildman–Crippen MR) is 111 cm³/mol. The number of benzene rings is 3. The van der Waals surface area contributed by atoms with Crippen LogP contribution in [0.5, 0.6) is 0 Å². The molecule has 0 radical (unpaired) electrons. The summed E-state index contributed by atoms with van der Waals surface area (Å²) in [5.74, 6) is 0. The molecule has 0 spiro atoms. The van der Waals surface area contributed by atoms with E-state index in [2.05, 4.69) is 17.6 Å².